The number of oxime groups is 1. The lowest BCUT2D eigenvalue weighted by Crippen LogP contribution is -2.28. The molecule has 3 aromatic heterocycles. The minimum Gasteiger partial charge on any atom is -0.347 e. The highest BCUT2D eigenvalue weighted by atomic mass is 16.6. The second-order valence-electron chi connectivity index (χ2n) is 8.25. The number of hydrogen-bond acceptors (Lipinski definition) is 5. The molecule has 1 aliphatic rings. The van der Waals surface area contributed by atoms with Crippen molar-refractivity contribution in [1.29, 1.82) is 5.26 Å². The molecule has 1 aromatic carbocycles. The summed E-state index contributed by atoms with van der Waals surface area (Å²) in [4.78, 5) is 14.6. The van der Waals surface area contributed by atoms with Crippen molar-refractivity contribution >= 4 is 16.6 Å². The van der Waals surface area contributed by atoms with Gasteiger partial charge in [0.25, 0.3) is 5.88 Å². The van der Waals surface area contributed by atoms with Crippen LogP contribution < -0.4 is 4.84 Å². The van der Waals surface area contributed by atoms with E-state index in [1.54, 1.807) is 12.1 Å². The number of imidazole rings is 1. The Balaban J connectivity index is 1.64. The minimum atomic E-state index is 0.150. The molecule has 1 aliphatic carbocycles. The van der Waals surface area contributed by atoms with E-state index in [1.807, 2.05) is 26.2 Å². The summed E-state index contributed by atoms with van der Waals surface area (Å²) < 4.78 is 4.41. The molecular weight excluding hydrogens is 400 g/mol. The maximum Gasteiger partial charge on any atom is 0.266 e. The second-order valence-corrected chi connectivity index (χ2v) is 8.25. The van der Waals surface area contributed by atoms with Gasteiger partial charge in [-0.15, -0.1) is 0 Å². The van der Waals surface area contributed by atoms with Crippen LogP contribution in [0.4, 0.5) is 0 Å². The third-order valence-corrected chi connectivity index (χ3v) is 6.29. The Bertz CT molecular complexity index is 1390. The van der Waals surface area contributed by atoms with Gasteiger partial charge in [0.1, 0.15) is 17.5 Å². The number of aromatic nitrogens is 4. The predicted octanol–water partition coefficient (Wildman–Crippen LogP) is 4.30. The van der Waals surface area contributed by atoms with Gasteiger partial charge in [0.2, 0.25) is 0 Å². The SMILES string of the molecule is Cc1ccc(C#N)c(O/N=C2/c3c(n(C)c4ccccc34)CCC2Cn2ccnc2C)n1. The number of aryl methyl sites for hydroxylation is 3. The first-order valence-corrected chi connectivity index (χ1v) is 10.7. The molecule has 0 aliphatic heterocycles. The van der Waals surface area contributed by atoms with Crippen molar-refractivity contribution in [3.63, 3.8) is 0 Å². The normalized spacial score (nSPS) is 16.8. The van der Waals surface area contributed by atoms with Crippen molar-refractivity contribution in [2.24, 2.45) is 18.1 Å². The fourth-order valence-electron chi connectivity index (χ4n) is 4.59. The smallest absolute Gasteiger partial charge is 0.266 e. The summed E-state index contributed by atoms with van der Waals surface area (Å²) >= 11 is 0. The highest BCUT2D eigenvalue weighted by molar-refractivity contribution is 6.13. The summed E-state index contributed by atoms with van der Waals surface area (Å²) in [6.07, 6.45) is 5.74. The number of nitriles is 1. The van der Waals surface area contributed by atoms with Crippen molar-refractivity contribution in [1.82, 2.24) is 19.1 Å². The van der Waals surface area contributed by atoms with Gasteiger partial charge in [-0.2, -0.15) is 5.26 Å². The van der Waals surface area contributed by atoms with Crippen LogP contribution in [0.15, 0.2) is 53.9 Å². The zero-order valence-electron chi connectivity index (χ0n) is 18.4. The molecule has 0 radical (unpaired) electrons. The van der Waals surface area contributed by atoms with E-state index in [-0.39, 0.29) is 11.8 Å². The van der Waals surface area contributed by atoms with Crippen molar-refractivity contribution in [2.75, 3.05) is 0 Å². The van der Waals surface area contributed by atoms with Crippen molar-refractivity contribution in [3.8, 4) is 11.9 Å². The van der Waals surface area contributed by atoms with E-state index < -0.39 is 0 Å². The van der Waals surface area contributed by atoms with Crippen LogP contribution in [0.5, 0.6) is 5.88 Å². The molecule has 4 aromatic rings. The van der Waals surface area contributed by atoms with Crippen LogP contribution in [-0.4, -0.2) is 24.8 Å². The summed E-state index contributed by atoms with van der Waals surface area (Å²) in [7, 11) is 2.11. The zero-order chi connectivity index (χ0) is 22.2. The molecule has 1 atom stereocenters. The van der Waals surface area contributed by atoms with Crippen LogP contribution in [0.2, 0.25) is 0 Å². The minimum absolute atomic E-state index is 0.150. The maximum atomic E-state index is 9.47. The number of rotatable bonds is 4. The van der Waals surface area contributed by atoms with Gasteiger partial charge in [0.05, 0.1) is 5.71 Å². The first kappa shape index (κ1) is 20.0. The van der Waals surface area contributed by atoms with Crippen LogP contribution >= 0.6 is 0 Å². The summed E-state index contributed by atoms with van der Waals surface area (Å²) in [6, 6.07) is 14.1. The van der Waals surface area contributed by atoms with Gasteiger partial charge in [-0.1, -0.05) is 23.4 Å². The van der Waals surface area contributed by atoms with Crippen LogP contribution in [0.1, 0.15) is 34.8 Å². The van der Waals surface area contributed by atoms with Crippen LogP contribution in [0.3, 0.4) is 0 Å². The third-order valence-electron chi connectivity index (χ3n) is 6.29. The molecule has 0 amide bonds. The number of fused-ring (bicyclic) bond motifs is 3. The molecule has 5 rings (SSSR count). The van der Waals surface area contributed by atoms with E-state index in [1.165, 1.54) is 11.2 Å². The Hall–Kier alpha value is -3.92. The number of hydrogen-bond donors (Lipinski definition) is 0. The van der Waals surface area contributed by atoms with Crippen LogP contribution in [0, 0.1) is 31.1 Å². The molecule has 0 N–H and O–H groups in total. The van der Waals surface area contributed by atoms with Crippen LogP contribution in [-0.2, 0) is 20.0 Å². The molecule has 0 saturated heterocycles. The number of para-hydroxylation sites is 1. The summed E-state index contributed by atoms with van der Waals surface area (Å²) in [5.41, 5.74) is 5.60. The lowest BCUT2D eigenvalue weighted by Gasteiger charge is -2.26. The molecule has 160 valence electrons. The Morgan fingerprint density at radius 1 is 1.22 bits per heavy atom. The second kappa shape index (κ2) is 7.97. The summed E-state index contributed by atoms with van der Waals surface area (Å²) in [5, 5.41) is 15.3. The molecule has 32 heavy (non-hydrogen) atoms. The summed E-state index contributed by atoms with van der Waals surface area (Å²) in [6.45, 7) is 4.65. The topological polar surface area (TPSA) is 81.0 Å². The molecule has 7 nitrogen and oxygen atoms in total. The van der Waals surface area contributed by atoms with Crippen LogP contribution in [0.25, 0.3) is 10.9 Å². The van der Waals surface area contributed by atoms with Gasteiger partial charge in [-0.25, -0.2) is 9.97 Å². The van der Waals surface area contributed by atoms with E-state index in [9.17, 15) is 5.26 Å². The maximum absolute atomic E-state index is 9.47. The lowest BCUT2D eigenvalue weighted by atomic mass is 9.84. The molecule has 0 bridgehead atoms. The molecule has 3 heterocycles. The molecule has 0 spiro atoms. The van der Waals surface area contributed by atoms with Gasteiger partial charge < -0.3 is 14.0 Å². The molecular formula is C25H24N6O. The van der Waals surface area contributed by atoms with Gasteiger partial charge in [0, 0.05) is 59.8 Å². The Labute approximate surface area is 186 Å². The first-order chi connectivity index (χ1) is 15.6. The Morgan fingerprint density at radius 3 is 2.84 bits per heavy atom. The quantitative estimate of drug-likeness (QED) is 0.457. The highest BCUT2D eigenvalue weighted by Gasteiger charge is 2.31. The van der Waals surface area contributed by atoms with E-state index in [4.69, 9.17) is 4.84 Å². The first-order valence-electron chi connectivity index (χ1n) is 10.7. The van der Waals surface area contributed by atoms with Gasteiger partial charge >= 0.3 is 0 Å². The van der Waals surface area contributed by atoms with E-state index >= 15 is 0 Å². The fourth-order valence-corrected chi connectivity index (χ4v) is 4.59. The van der Waals surface area contributed by atoms with Crippen molar-refractivity contribution < 1.29 is 4.84 Å². The average Bonchev–Trinajstić information content (AvgIpc) is 3.34. The monoisotopic (exact) mass is 424 g/mol. The Morgan fingerprint density at radius 2 is 2.06 bits per heavy atom. The highest BCUT2D eigenvalue weighted by Crippen LogP contribution is 2.35. The van der Waals surface area contributed by atoms with Gasteiger partial charge in [-0.3, -0.25) is 0 Å². The number of nitrogens with zero attached hydrogens (tertiary/aromatic N) is 6. The molecule has 0 saturated carbocycles. The molecule has 1 unspecified atom stereocenters. The lowest BCUT2D eigenvalue weighted by molar-refractivity contribution is 0.319. The summed E-state index contributed by atoms with van der Waals surface area (Å²) in [5.74, 6) is 1.36. The Kier molecular flexibility index (Phi) is 4.98. The zero-order valence-corrected chi connectivity index (χ0v) is 18.4. The predicted molar refractivity (Wildman–Crippen MR) is 123 cm³/mol. The van der Waals surface area contributed by atoms with Crippen molar-refractivity contribution in [3.05, 3.63) is 77.1 Å². The third kappa shape index (κ3) is 3.34. The largest absolute Gasteiger partial charge is 0.347 e. The van der Waals surface area contributed by atoms with Gasteiger partial charge in [0.15, 0.2) is 0 Å². The molecule has 0 fully saturated rings. The van der Waals surface area contributed by atoms with Gasteiger partial charge in [-0.05, 0) is 44.9 Å². The number of pyridine rings is 1. The standard InChI is InChI=1S/C25H24N6O/c1-16-8-9-18(14-26)25(28-16)32-29-24-19(15-31-13-12-27-17(31)2)10-11-22-23(24)20-6-4-5-7-21(20)30(22)3/h4-9,12-13,19H,10-11,15H2,1-3H3/b29-24+. The molecule has 7 heteroatoms. The number of benzene rings is 1. The average molecular weight is 425 g/mol. The van der Waals surface area contributed by atoms with E-state index in [0.717, 1.165) is 47.6 Å². The van der Waals surface area contributed by atoms with E-state index in [2.05, 4.69) is 61.6 Å². The fraction of sp³-hybridized carbons (Fsp3) is 0.280. The van der Waals surface area contributed by atoms with Crippen molar-refractivity contribution in [2.45, 2.75) is 33.2 Å². The van der Waals surface area contributed by atoms with E-state index in [0.29, 0.717) is 5.56 Å².